The number of amides is 3. The van der Waals surface area contributed by atoms with Gasteiger partial charge >= 0.3 is 0 Å². The maximum absolute atomic E-state index is 12.7. The number of nitrogens with zero attached hydrogens (tertiary/aromatic N) is 1. The zero-order valence-electron chi connectivity index (χ0n) is 16.3. The van der Waals surface area contributed by atoms with Crippen molar-refractivity contribution in [2.75, 3.05) is 32.8 Å². The summed E-state index contributed by atoms with van der Waals surface area (Å²) in [6, 6.07) is 4.76. The fraction of sp³-hybridized carbons (Fsp3) is 0.571. The van der Waals surface area contributed by atoms with Crippen LogP contribution in [0.25, 0.3) is 0 Å². The van der Waals surface area contributed by atoms with Crippen LogP contribution in [-0.2, 0) is 4.74 Å². The molecule has 1 aromatic carbocycles. The Morgan fingerprint density at radius 1 is 1.25 bits per heavy atom. The van der Waals surface area contributed by atoms with Crippen molar-refractivity contribution >= 4 is 17.7 Å². The zero-order chi connectivity index (χ0) is 19.7. The first kappa shape index (κ1) is 19.1. The van der Waals surface area contributed by atoms with Gasteiger partial charge in [0.1, 0.15) is 0 Å². The second kappa shape index (κ2) is 7.64. The highest BCUT2D eigenvalue weighted by atomic mass is 16.5. The van der Waals surface area contributed by atoms with Crippen molar-refractivity contribution in [3.63, 3.8) is 0 Å². The standard InChI is InChI=1S/C21H27N3O4/c1-21(6-8-22-9-7-21)13-23-18(25)14-4-5-16-17(11-14)20(27)24(19(16)26)12-15-3-2-10-28-15/h4-5,11,15,22H,2-3,6-10,12-13H2,1H3,(H,23,25). The minimum absolute atomic E-state index is 0.0848. The van der Waals surface area contributed by atoms with Gasteiger partial charge < -0.3 is 15.4 Å². The van der Waals surface area contributed by atoms with Gasteiger partial charge in [0.05, 0.1) is 23.8 Å². The molecule has 2 fully saturated rings. The molecule has 0 aliphatic carbocycles. The van der Waals surface area contributed by atoms with Gasteiger partial charge in [0.2, 0.25) is 0 Å². The third-order valence-corrected chi connectivity index (χ3v) is 6.13. The molecule has 0 bridgehead atoms. The summed E-state index contributed by atoms with van der Waals surface area (Å²) in [4.78, 5) is 39.2. The Morgan fingerprint density at radius 3 is 2.71 bits per heavy atom. The molecule has 1 atom stereocenters. The fourth-order valence-corrected chi connectivity index (χ4v) is 4.19. The summed E-state index contributed by atoms with van der Waals surface area (Å²) in [6.45, 7) is 5.66. The molecule has 3 heterocycles. The number of carbonyl (C=O) groups is 3. The van der Waals surface area contributed by atoms with E-state index in [0.29, 0.717) is 29.8 Å². The number of ether oxygens (including phenoxy) is 1. The van der Waals surface area contributed by atoms with Gasteiger partial charge in [-0.1, -0.05) is 6.92 Å². The highest BCUT2D eigenvalue weighted by Gasteiger charge is 2.38. The second-order valence-electron chi connectivity index (χ2n) is 8.36. The Labute approximate surface area is 164 Å². The Bertz CT molecular complexity index is 795. The minimum Gasteiger partial charge on any atom is -0.376 e. The van der Waals surface area contributed by atoms with E-state index in [-0.39, 0.29) is 35.8 Å². The molecular formula is C21H27N3O4. The largest absolute Gasteiger partial charge is 0.376 e. The Balaban J connectivity index is 1.44. The molecule has 0 radical (unpaired) electrons. The van der Waals surface area contributed by atoms with Crippen LogP contribution in [-0.4, -0.2) is 61.5 Å². The predicted octanol–water partition coefficient (Wildman–Crippen LogP) is 1.58. The molecule has 3 aliphatic heterocycles. The lowest BCUT2D eigenvalue weighted by molar-refractivity contribution is 0.0475. The lowest BCUT2D eigenvalue weighted by Gasteiger charge is -2.34. The summed E-state index contributed by atoms with van der Waals surface area (Å²) in [6.07, 6.45) is 3.75. The number of fused-ring (bicyclic) bond motifs is 1. The number of rotatable bonds is 5. The highest BCUT2D eigenvalue weighted by Crippen LogP contribution is 2.28. The number of benzene rings is 1. The van der Waals surface area contributed by atoms with Crippen molar-refractivity contribution < 1.29 is 19.1 Å². The summed E-state index contributed by atoms with van der Waals surface area (Å²) in [5.41, 5.74) is 1.17. The third kappa shape index (κ3) is 3.69. The molecule has 3 aliphatic rings. The molecule has 0 spiro atoms. The topological polar surface area (TPSA) is 87.7 Å². The van der Waals surface area contributed by atoms with E-state index in [0.717, 1.165) is 38.8 Å². The van der Waals surface area contributed by atoms with E-state index in [2.05, 4.69) is 17.6 Å². The summed E-state index contributed by atoms with van der Waals surface area (Å²) in [7, 11) is 0. The first-order valence-corrected chi connectivity index (χ1v) is 10.1. The van der Waals surface area contributed by atoms with Gasteiger partial charge in [-0.05, 0) is 62.4 Å². The number of hydrogen-bond donors (Lipinski definition) is 2. The van der Waals surface area contributed by atoms with Gasteiger partial charge in [0.15, 0.2) is 0 Å². The van der Waals surface area contributed by atoms with Crippen molar-refractivity contribution in [1.82, 2.24) is 15.5 Å². The van der Waals surface area contributed by atoms with E-state index in [1.165, 1.54) is 4.90 Å². The average molecular weight is 385 g/mol. The number of nitrogens with one attached hydrogen (secondary N) is 2. The number of hydrogen-bond acceptors (Lipinski definition) is 5. The van der Waals surface area contributed by atoms with Crippen LogP contribution in [0.3, 0.4) is 0 Å². The molecule has 4 rings (SSSR count). The molecule has 7 nitrogen and oxygen atoms in total. The lowest BCUT2D eigenvalue weighted by atomic mass is 9.81. The van der Waals surface area contributed by atoms with Crippen LogP contribution in [0.15, 0.2) is 18.2 Å². The number of imide groups is 1. The van der Waals surface area contributed by atoms with Crippen molar-refractivity contribution in [1.29, 1.82) is 0 Å². The quantitative estimate of drug-likeness (QED) is 0.752. The molecule has 150 valence electrons. The molecule has 1 aromatic rings. The first-order valence-electron chi connectivity index (χ1n) is 10.1. The highest BCUT2D eigenvalue weighted by molar-refractivity contribution is 6.22. The maximum Gasteiger partial charge on any atom is 0.261 e. The van der Waals surface area contributed by atoms with Crippen molar-refractivity contribution in [3.05, 3.63) is 34.9 Å². The summed E-state index contributed by atoms with van der Waals surface area (Å²) in [5.74, 6) is -0.847. The SMILES string of the molecule is CC1(CNC(=O)c2ccc3c(c2)C(=O)N(CC2CCCO2)C3=O)CCNCC1. The molecule has 1 unspecified atom stereocenters. The Kier molecular flexibility index (Phi) is 5.21. The molecular weight excluding hydrogens is 358 g/mol. The molecule has 7 heteroatoms. The predicted molar refractivity (Wildman–Crippen MR) is 103 cm³/mol. The molecule has 2 saturated heterocycles. The van der Waals surface area contributed by atoms with E-state index >= 15 is 0 Å². The van der Waals surface area contributed by atoms with E-state index in [1.54, 1.807) is 18.2 Å². The minimum atomic E-state index is -0.338. The van der Waals surface area contributed by atoms with Gasteiger partial charge in [0, 0.05) is 18.7 Å². The monoisotopic (exact) mass is 385 g/mol. The maximum atomic E-state index is 12.7. The summed E-state index contributed by atoms with van der Waals surface area (Å²) >= 11 is 0. The van der Waals surface area contributed by atoms with Crippen LogP contribution in [0.2, 0.25) is 0 Å². The third-order valence-electron chi connectivity index (χ3n) is 6.13. The van der Waals surface area contributed by atoms with Crippen molar-refractivity contribution in [2.24, 2.45) is 5.41 Å². The molecule has 0 saturated carbocycles. The van der Waals surface area contributed by atoms with Gasteiger partial charge in [0.25, 0.3) is 17.7 Å². The van der Waals surface area contributed by atoms with Crippen LogP contribution in [0.5, 0.6) is 0 Å². The van der Waals surface area contributed by atoms with E-state index in [4.69, 9.17) is 4.74 Å². The Morgan fingerprint density at radius 2 is 2.00 bits per heavy atom. The lowest BCUT2D eigenvalue weighted by Crippen LogP contribution is -2.42. The molecule has 3 amide bonds. The fourth-order valence-electron chi connectivity index (χ4n) is 4.19. The van der Waals surface area contributed by atoms with E-state index < -0.39 is 0 Å². The zero-order valence-corrected chi connectivity index (χ0v) is 16.3. The normalized spacial score (nSPS) is 23.8. The molecule has 28 heavy (non-hydrogen) atoms. The van der Waals surface area contributed by atoms with Crippen LogP contribution in [0.4, 0.5) is 0 Å². The Hall–Kier alpha value is -2.25. The van der Waals surface area contributed by atoms with Crippen LogP contribution in [0.1, 0.15) is 63.7 Å². The van der Waals surface area contributed by atoms with Crippen LogP contribution in [0, 0.1) is 5.41 Å². The second-order valence-corrected chi connectivity index (χ2v) is 8.36. The first-order chi connectivity index (χ1) is 13.5. The number of carbonyl (C=O) groups excluding carboxylic acids is 3. The van der Waals surface area contributed by atoms with E-state index in [1.807, 2.05) is 0 Å². The summed E-state index contributed by atoms with van der Waals surface area (Å²) < 4.78 is 5.56. The van der Waals surface area contributed by atoms with Gasteiger partial charge in [-0.3, -0.25) is 19.3 Å². The van der Waals surface area contributed by atoms with Crippen LogP contribution < -0.4 is 10.6 Å². The number of piperidine rings is 1. The smallest absolute Gasteiger partial charge is 0.261 e. The average Bonchev–Trinajstić information content (AvgIpc) is 3.30. The summed E-state index contributed by atoms with van der Waals surface area (Å²) in [5, 5.41) is 6.33. The van der Waals surface area contributed by atoms with Gasteiger partial charge in [-0.25, -0.2) is 0 Å². The van der Waals surface area contributed by atoms with Crippen molar-refractivity contribution in [2.45, 2.75) is 38.7 Å². The van der Waals surface area contributed by atoms with Crippen molar-refractivity contribution in [3.8, 4) is 0 Å². The van der Waals surface area contributed by atoms with Gasteiger partial charge in [-0.15, -0.1) is 0 Å². The van der Waals surface area contributed by atoms with E-state index in [9.17, 15) is 14.4 Å². The van der Waals surface area contributed by atoms with Gasteiger partial charge in [-0.2, -0.15) is 0 Å². The molecule has 2 N–H and O–H groups in total. The van der Waals surface area contributed by atoms with Crippen LogP contribution >= 0.6 is 0 Å². The molecule has 0 aromatic heterocycles.